The van der Waals surface area contributed by atoms with Crippen LogP contribution in [-0.2, 0) is 12.8 Å². The molecule has 30 heavy (non-hydrogen) atoms. The van der Waals surface area contributed by atoms with Crippen molar-refractivity contribution in [2.24, 2.45) is 0 Å². The van der Waals surface area contributed by atoms with E-state index in [1.165, 1.54) is 43.6 Å². The number of carbonyl (C=O) groups excluding carboxylic acids is 1. The molecule has 1 aromatic heterocycles. The largest absolute Gasteiger partial charge is 0.493 e. The first-order valence-corrected chi connectivity index (χ1v) is 10.2. The fourth-order valence-electron chi connectivity index (χ4n) is 3.46. The Labute approximate surface area is 178 Å². The lowest BCUT2D eigenvalue weighted by atomic mass is 10.0. The van der Waals surface area contributed by atoms with E-state index >= 15 is 0 Å². The van der Waals surface area contributed by atoms with Gasteiger partial charge in [0.1, 0.15) is 5.56 Å². The van der Waals surface area contributed by atoms with Crippen LogP contribution in [-0.4, -0.2) is 43.7 Å². The molecule has 0 bridgehead atoms. The highest BCUT2D eigenvalue weighted by molar-refractivity contribution is 7.16. The monoisotopic (exact) mass is 433 g/mol. The number of nitro groups is 1. The lowest BCUT2D eigenvalue weighted by molar-refractivity contribution is -0.386. The van der Waals surface area contributed by atoms with E-state index in [0.717, 1.165) is 36.3 Å². The van der Waals surface area contributed by atoms with Gasteiger partial charge in [0, 0.05) is 17.5 Å². The van der Waals surface area contributed by atoms with Crippen LogP contribution in [0.25, 0.3) is 0 Å². The predicted molar refractivity (Wildman–Crippen MR) is 113 cm³/mol. The minimum absolute atomic E-state index is 0.0447. The minimum Gasteiger partial charge on any atom is -0.493 e. The van der Waals surface area contributed by atoms with E-state index in [-0.39, 0.29) is 29.4 Å². The lowest BCUT2D eigenvalue weighted by Gasteiger charge is -2.20. The van der Waals surface area contributed by atoms with Gasteiger partial charge in [-0.05, 0) is 25.7 Å². The summed E-state index contributed by atoms with van der Waals surface area (Å²) in [6.45, 7) is 3.87. The van der Waals surface area contributed by atoms with Crippen LogP contribution in [0.4, 0.5) is 10.8 Å². The van der Waals surface area contributed by atoms with Crippen molar-refractivity contribution in [3.05, 3.63) is 45.0 Å². The van der Waals surface area contributed by atoms with Crippen LogP contribution >= 0.6 is 11.3 Å². The quantitative estimate of drug-likeness (QED) is 0.354. The molecule has 0 N–H and O–H groups in total. The average Bonchev–Trinajstić information content (AvgIpc) is 3.18. The fraction of sp³-hybridized carbons (Fsp3) is 0.400. The van der Waals surface area contributed by atoms with Gasteiger partial charge < -0.3 is 14.2 Å². The normalized spacial score (nSPS) is 12.6. The first kappa shape index (κ1) is 21.6. The first-order valence-electron chi connectivity index (χ1n) is 9.35. The van der Waals surface area contributed by atoms with Crippen molar-refractivity contribution in [1.82, 2.24) is 4.98 Å². The maximum Gasteiger partial charge on any atom is 0.327 e. The lowest BCUT2D eigenvalue weighted by Crippen LogP contribution is -2.31. The average molecular weight is 433 g/mol. The van der Waals surface area contributed by atoms with Gasteiger partial charge in [0.25, 0.3) is 5.91 Å². The van der Waals surface area contributed by atoms with Crippen LogP contribution in [0, 0.1) is 10.1 Å². The van der Waals surface area contributed by atoms with Gasteiger partial charge in [0.05, 0.1) is 31.9 Å². The molecule has 1 aromatic carbocycles. The number of thiazole rings is 1. The number of rotatable bonds is 8. The molecule has 0 spiro atoms. The van der Waals surface area contributed by atoms with Gasteiger partial charge in [-0.15, -0.1) is 17.9 Å². The van der Waals surface area contributed by atoms with Crippen LogP contribution < -0.4 is 19.1 Å². The number of hydrogen-bond acceptors (Lipinski definition) is 8. The summed E-state index contributed by atoms with van der Waals surface area (Å²) >= 11 is 1.44. The van der Waals surface area contributed by atoms with Crippen LogP contribution in [0.1, 0.15) is 33.8 Å². The number of benzene rings is 1. The number of ether oxygens (including phenoxy) is 3. The highest BCUT2D eigenvalue weighted by Gasteiger charge is 2.35. The summed E-state index contributed by atoms with van der Waals surface area (Å²) in [7, 11) is 4.00. The molecule has 0 saturated carbocycles. The van der Waals surface area contributed by atoms with E-state index in [4.69, 9.17) is 14.2 Å². The zero-order chi connectivity index (χ0) is 21.8. The van der Waals surface area contributed by atoms with E-state index in [1.54, 1.807) is 6.08 Å². The molecular weight excluding hydrogens is 410 g/mol. The van der Waals surface area contributed by atoms with Gasteiger partial charge in [-0.3, -0.25) is 19.8 Å². The third-order valence-electron chi connectivity index (χ3n) is 4.84. The maximum absolute atomic E-state index is 13.5. The SMILES string of the molecule is C=CCN(C(=O)c1cc(OC)c(OC)c(OC)c1[N+](=O)[O-])c1nc2c(s1)CCCC2. The van der Waals surface area contributed by atoms with Crippen molar-refractivity contribution >= 4 is 28.1 Å². The number of amides is 1. The van der Waals surface area contributed by atoms with Crippen molar-refractivity contribution in [3.63, 3.8) is 0 Å². The van der Waals surface area contributed by atoms with Gasteiger partial charge in [-0.2, -0.15) is 0 Å². The van der Waals surface area contributed by atoms with Crippen LogP contribution in [0.2, 0.25) is 0 Å². The summed E-state index contributed by atoms with van der Waals surface area (Å²) in [4.78, 5) is 31.9. The third kappa shape index (κ3) is 3.82. The number of anilines is 1. The van der Waals surface area contributed by atoms with E-state index < -0.39 is 16.5 Å². The van der Waals surface area contributed by atoms with Crippen LogP contribution in [0.5, 0.6) is 17.2 Å². The molecule has 9 nitrogen and oxygen atoms in total. The molecule has 160 valence electrons. The molecular formula is C20H23N3O6S. The molecule has 1 heterocycles. The van der Waals surface area contributed by atoms with Crippen molar-refractivity contribution < 1.29 is 23.9 Å². The van der Waals surface area contributed by atoms with Gasteiger partial charge in [-0.1, -0.05) is 6.08 Å². The maximum atomic E-state index is 13.5. The highest BCUT2D eigenvalue weighted by Crippen LogP contribution is 2.47. The number of aryl methyl sites for hydroxylation is 2. The zero-order valence-corrected chi connectivity index (χ0v) is 17.9. The molecule has 1 aliphatic rings. The molecule has 0 aliphatic heterocycles. The van der Waals surface area contributed by atoms with Gasteiger partial charge >= 0.3 is 5.69 Å². The van der Waals surface area contributed by atoms with Crippen molar-refractivity contribution in [2.75, 3.05) is 32.8 Å². The van der Waals surface area contributed by atoms with E-state index in [1.807, 2.05) is 0 Å². The number of hydrogen-bond donors (Lipinski definition) is 0. The predicted octanol–water partition coefficient (Wildman–Crippen LogP) is 3.79. The van der Waals surface area contributed by atoms with E-state index in [0.29, 0.717) is 5.13 Å². The Morgan fingerprint density at radius 1 is 1.27 bits per heavy atom. The second-order valence-corrected chi connectivity index (χ2v) is 7.64. The number of methoxy groups -OCH3 is 3. The number of nitro benzene ring substituents is 1. The number of carbonyl (C=O) groups is 1. The third-order valence-corrected chi connectivity index (χ3v) is 6.02. The molecule has 1 aliphatic carbocycles. The summed E-state index contributed by atoms with van der Waals surface area (Å²) in [6, 6.07) is 1.30. The second-order valence-electron chi connectivity index (χ2n) is 6.58. The number of nitrogens with zero attached hydrogens (tertiary/aromatic N) is 3. The Balaban J connectivity index is 2.16. The standard InChI is InChI=1S/C20H23N3O6S/c1-5-10-22(20-21-13-8-6-7-9-15(13)30-20)19(24)12-11-14(27-2)17(28-3)18(29-4)16(12)23(25)26/h5,11H,1,6-10H2,2-4H3. The topological polar surface area (TPSA) is 104 Å². The van der Waals surface area contributed by atoms with Gasteiger partial charge in [0.15, 0.2) is 10.9 Å². The summed E-state index contributed by atoms with van der Waals surface area (Å²) in [6.07, 6.45) is 5.49. The Bertz CT molecular complexity index is 964. The summed E-state index contributed by atoms with van der Waals surface area (Å²) in [5.74, 6) is -0.572. The van der Waals surface area contributed by atoms with Crippen LogP contribution in [0.15, 0.2) is 18.7 Å². The molecule has 0 fully saturated rings. The zero-order valence-electron chi connectivity index (χ0n) is 17.1. The van der Waals surface area contributed by atoms with Crippen molar-refractivity contribution in [1.29, 1.82) is 0 Å². The van der Waals surface area contributed by atoms with Crippen LogP contribution in [0.3, 0.4) is 0 Å². The molecule has 0 radical (unpaired) electrons. The number of fused-ring (bicyclic) bond motifs is 1. The smallest absolute Gasteiger partial charge is 0.327 e. The summed E-state index contributed by atoms with van der Waals surface area (Å²) in [5.41, 5.74) is 0.322. The first-order chi connectivity index (χ1) is 14.5. The summed E-state index contributed by atoms with van der Waals surface area (Å²) < 4.78 is 15.7. The molecule has 1 amide bonds. The summed E-state index contributed by atoms with van der Waals surface area (Å²) in [5, 5.41) is 12.4. The van der Waals surface area contributed by atoms with Crippen molar-refractivity contribution in [3.8, 4) is 17.2 Å². The number of aromatic nitrogens is 1. The molecule has 0 atom stereocenters. The van der Waals surface area contributed by atoms with E-state index in [2.05, 4.69) is 11.6 Å². The molecule has 10 heteroatoms. The molecule has 3 rings (SSSR count). The fourth-order valence-corrected chi connectivity index (χ4v) is 4.62. The van der Waals surface area contributed by atoms with Crippen molar-refractivity contribution in [2.45, 2.75) is 25.7 Å². The Morgan fingerprint density at radius 3 is 2.53 bits per heavy atom. The molecule has 2 aromatic rings. The Morgan fingerprint density at radius 2 is 1.97 bits per heavy atom. The van der Waals surface area contributed by atoms with E-state index in [9.17, 15) is 14.9 Å². The van der Waals surface area contributed by atoms with Gasteiger partial charge in [0.2, 0.25) is 11.5 Å². The Kier molecular flexibility index (Phi) is 6.56. The van der Waals surface area contributed by atoms with Gasteiger partial charge in [-0.25, -0.2) is 4.98 Å². The second kappa shape index (κ2) is 9.12. The molecule has 0 unspecified atom stereocenters. The Hall–Kier alpha value is -3.14. The highest BCUT2D eigenvalue weighted by atomic mass is 32.1. The molecule has 0 saturated heterocycles. The minimum atomic E-state index is -0.660.